The van der Waals surface area contributed by atoms with E-state index in [1.165, 1.54) is 7.11 Å². The average Bonchev–Trinajstić information content (AvgIpc) is 1.89. The summed E-state index contributed by atoms with van der Waals surface area (Å²) in [4.78, 5) is 12.4. The van der Waals surface area contributed by atoms with E-state index in [-0.39, 0.29) is 12.5 Å². The number of likely N-dealkylation sites (N-methyl/N-ethyl adjacent to an activating group) is 1. The van der Waals surface area contributed by atoms with Gasteiger partial charge in [0.05, 0.1) is 0 Å². The van der Waals surface area contributed by atoms with E-state index in [0.717, 1.165) is 0 Å². The van der Waals surface area contributed by atoms with Crippen molar-refractivity contribution in [3.63, 3.8) is 0 Å². The van der Waals surface area contributed by atoms with Crippen LogP contribution in [0, 0.1) is 0 Å². The lowest BCUT2D eigenvalue weighted by Gasteiger charge is -2.13. The second-order valence-corrected chi connectivity index (χ2v) is 2.00. The average molecular weight is 143 g/mol. The highest BCUT2D eigenvalue weighted by Crippen LogP contribution is 1.84. The highest BCUT2D eigenvalue weighted by atomic mass is 16.5. The largest absolute Gasteiger partial charge is 0.375 e. The fraction of sp³-hybridized carbons (Fsp3) is 0.571. The third kappa shape index (κ3) is 3.25. The van der Waals surface area contributed by atoms with Gasteiger partial charge in [0.15, 0.2) is 0 Å². The Morgan fingerprint density at radius 2 is 2.40 bits per heavy atom. The Morgan fingerprint density at radius 3 is 2.80 bits per heavy atom. The first-order valence-electron chi connectivity index (χ1n) is 3.06. The van der Waals surface area contributed by atoms with Gasteiger partial charge in [0.25, 0.3) is 0 Å². The third-order valence-electron chi connectivity index (χ3n) is 1.10. The Balaban J connectivity index is 3.58. The van der Waals surface area contributed by atoms with Crippen LogP contribution in [0.25, 0.3) is 0 Å². The van der Waals surface area contributed by atoms with Gasteiger partial charge >= 0.3 is 0 Å². The van der Waals surface area contributed by atoms with E-state index in [4.69, 9.17) is 0 Å². The molecule has 10 heavy (non-hydrogen) atoms. The molecule has 0 radical (unpaired) electrons. The number of hydrogen-bond acceptors (Lipinski definition) is 2. The van der Waals surface area contributed by atoms with E-state index in [0.29, 0.717) is 6.54 Å². The van der Waals surface area contributed by atoms with Crippen LogP contribution in [-0.4, -0.2) is 38.1 Å². The lowest BCUT2D eigenvalue weighted by atomic mass is 10.5. The summed E-state index contributed by atoms with van der Waals surface area (Å²) in [5.74, 6) is -0.0256. The lowest BCUT2D eigenvalue weighted by molar-refractivity contribution is -0.133. The molecule has 0 fully saturated rings. The van der Waals surface area contributed by atoms with E-state index in [1.807, 2.05) is 0 Å². The molecule has 0 saturated carbocycles. The Kier molecular flexibility index (Phi) is 4.58. The predicted molar refractivity (Wildman–Crippen MR) is 39.7 cm³/mol. The number of rotatable bonds is 4. The number of methoxy groups -OCH3 is 1. The van der Waals surface area contributed by atoms with E-state index in [1.54, 1.807) is 18.0 Å². The fourth-order valence-corrected chi connectivity index (χ4v) is 0.529. The highest BCUT2D eigenvalue weighted by molar-refractivity contribution is 5.77. The molecule has 0 atom stereocenters. The Bertz CT molecular complexity index is 123. The number of ether oxygens (including phenoxy) is 1. The first-order chi connectivity index (χ1) is 4.72. The van der Waals surface area contributed by atoms with Crippen LogP contribution in [0.4, 0.5) is 0 Å². The van der Waals surface area contributed by atoms with Gasteiger partial charge in [-0.05, 0) is 0 Å². The zero-order chi connectivity index (χ0) is 7.98. The first kappa shape index (κ1) is 9.17. The van der Waals surface area contributed by atoms with Gasteiger partial charge in [-0.25, -0.2) is 0 Å². The molecule has 0 aliphatic rings. The van der Waals surface area contributed by atoms with Crippen LogP contribution in [0.3, 0.4) is 0 Å². The summed E-state index contributed by atoms with van der Waals surface area (Å²) in [6.07, 6.45) is 1.67. The lowest BCUT2D eigenvalue weighted by Crippen LogP contribution is -2.29. The van der Waals surface area contributed by atoms with Gasteiger partial charge < -0.3 is 9.64 Å². The second kappa shape index (κ2) is 4.99. The molecule has 0 rings (SSSR count). The van der Waals surface area contributed by atoms with Crippen molar-refractivity contribution in [3.05, 3.63) is 12.7 Å². The first-order valence-corrected chi connectivity index (χ1v) is 3.06. The van der Waals surface area contributed by atoms with E-state index >= 15 is 0 Å². The highest BCUT2D eigenvalue weighted by Gasteiger charge is 2.03. The normalized spacial score (nSPS) is 9.00. The van der Waals surface area contributed by atoms with Gasteiger partial charge in [-0.3, -0.25) is 4.79 Å². The molecule has 0 saturated heterocycles. The third-order valence-corrected chi connectivity index (χ3v) is 1.10. The van der Waals surface area contributed by atoms with Crippen molar-refractivity contribution in [1.82, 2.24) is 4.90 Å². The van der Waals surface area contributed by atoms with Crippen molar-refractivity contribution >= 4 is 5.91 Å². The van der Waals surface area contributed by atoms with Gasteiger partial charge in [-0.2, -0.15) is 0 Å². The van der Waals surface area contributed by atoms with Gasteiger partial charge in [0, 0.05) is 20.7 Å². The van der Waals surface area contributed by atoms with Gasteiger partial charge in [0.1, 0.15) is 6.61 Å². The SMILES string of the molecule is C=CCN(C)C(=O)COC. The van der Waals surface area contributed by atoms with Crippen molar-refractivity contribution in [3.8, 4) is 0 Å². The van der Waals surface area contributed by atoms with Crippen LogP contribution >= 0.6 is 0 Å². The van der Waals surface area contributed by atoms with E-state index in [9.17, 15) is 4.79 Å². The van der Waals surface area contributed by atoms with Crippen molar-refractivity contribution in [2.75, 3.05) is 27.3 Å². The van der Waals surface area contributed by atoms with Crippen LogP contribution < -0.4 is 0 Å². The quantitative estimate of drug-likeness (QED) is 0.529. The van der Waals surface area contributed by atoms with Crippen LogP contribution in [0.2, 0.25) is 0 Å². The number of amides is 1. The molecule has 3 nitrogen and oxygen atoms in total. The van der Waals surface area contributed by atoms with E-state index in [2.05, 4.69) is 11.3 Å². The molecule has 0 unspecified atom stereocenters. The molecular formula is C7H13NO2. The zero-order valence-electron chi connectivity index (χ0n) is 6.46. The van der Waals surface area contributed by atoms with Crippen molar-refractivity contribution in [1.29, 1.82) is 0 Å². The molecule has 58 valence electrons. The summed E-state index contributed by atoms with van der Waals surface area (Å²) in [5, 5.41) is 0. The topological polar surface area (TPSA) is 29.5 Å². The molecule has 3 heteroatoms. The molecule has 1 amide bonds. The number of carbonyl (C=O) groups is 1. The zero-order valence-corrected chi connectivity index (χ0v) is 6.46. The summed E-state index contributed by atoms with van der Waals surface area (Å²) in [6, 6.07) is 0. The maximum atomic E-state index is 10.9. The molecule has 0 aromatic carbocycles. The summed E-state index contributed by atoms with van der Waals surface area (Å²) < 4.78 is 4.65. The maximum Gasteiger partial charge on any atom is 0.248 e. The standard InChI is InChI=1S/C7H13NO2/c1-4-5-8(2)7(9)6-10-3/h4H,1,5-6H2,2-3H3. The molecule has 0 aromatic rings. The minimum atomic E-state index is -0.0256. The Morgan fingerprint density at radius 1 is 1.80 bits per heavy atom. The molecule has 0 N–H and O–H groups in total. The minimum Gasteiger partial charge on any atom is -0.375 e. The van der Waals surface area contributed by atoms with Crippen LogP contribution in [0.1, 0.15) is 0 Å². The van der Waals surface area contributed by atoms with Crippen LogP contribution in [0.5, 0.6) is 0 Å². The van der Waals surface area contributed by atoms with Crippen molar-refractivity contribution in [2.24, 2.45) is 0 Å². The van der Waals surface area contributed by atoms with Crippen molar-refractivity contribution in [2.45, 2.75) is 0 Å². The van der Waals surface area contributed by atoms with Gasteiger partial charge in [0.2, 0.25) is 5.91 Å². The summed E-state index contributed by atoms with van der Waals surface area (Å²) in [5.41, 5.74) is 0. The molecular weight excluding hydrogens is 130 g/mol. The number of carbonyl (C=O) groups excluding carboxylic acids is 1. The number of nitrogens with zero attached hydrogens (tertiary/aromatic N) is 1. The summed E-state index contributed by atoms with van der Waals surface area (Å²) in [7, 11) is 3.21. The maximum absolute atomic E-state index is 10.9. The molecule has 0 spiro atoms. The van der Waals surface area contributed by atoms with Crippen LogP contribution in [-0.2, 0) is 9.53 Å². The van der Waals surface area contributed by atoms with E-state index < -0.39 is 0 Å². The summed E-state index contributed by atoms with van der Waals surface area (Å²) in [6.45, 7) is 4.22. The smallest absolute Gasteiger partial charge is 0.248 e. The minimum absolute atomic E-state index is 0.0256. The molecule has 0 aliphatic heterocycles. The Labute approximate surface area is 61.3 Å². The summed E-state index contributed by atoms with van der Waals surface area (Å²) >= 11 is 0. The second-order valence-electron chi connectivity index (χ2n) is 2.00. The monoisotopic (exact) mass is 143 g/mol. The van der Waals surface area contributed by atoms with Gasteiger partial charge in [-0.15, -0.1) is 6.58 Å². The van der Waals surface area contributed by atoms with Crippen molar-refractivity contribution < 1.29 is 9.53 Å². The fourth-order valence-electron chi connectivity index (χ4n) is 0.529. The Hall–Kier alpha value is -0.830. The molecule has 0 heterocycles. The predicted octanol–water partition coefficient (Wildman–Crippen LogP) is 0.277. The van der Waals surface area contributed by atoms with Crippen LogP contribution in [0.15, 0.2) is 12.7 Å². The molecule has 0 bridgehead atoms. The molecule has 0 aromatic heterocycles. The molecule has 0 aliphatic carbocycles. The number of hydrogen-bond donors (Lipinski definition) is 0. The van der Waals surface area contributed by atoms with Gasteiger partial charge in [-0.1, -0.05) is 6.08 Å².